The van der Waals surface area contributed by atoms with Gasteiger partial charge in [0, 0.05) is 30.1 Å². The highest BCUT2D eigenvalue weighted by atomic mass is 32.2. The van der Waals surface area contributed by atoms with Crippen LogP contribution in [0.5, 0.6) is 5.75 Å². The lowest BCUT2D eigenvalue weighted by molar-refractivity contribution is 0.0662. The Hall–Kier alpha value is -2.01. The van der Waals surface area contributed by atoms with Gasteiger partial charge in [0.1, 0.15) is 18.2 Å². The third-order valence-electron chi connectivity index (χ3n) is 6.00. The minimum absolute atomic E-state index is 0.113. The van der Waals surface area contributed by atoms with Crippen molar-refractivity contribution in [3.63, 3.8) is 0 Å². The molecular formula is C21H23N3OS. The standard InChI is InChI=1S/C21H23N3OS/c1-2-12-22-19(3-1)16-4-6-18(7-5-16)25-15-21-10-8-17(9-11-21)24-13-14-26-23-20(21)24/h1-7,12,17H,8-11,13-15H2. The molecule has 1 aliphatic carbocycles. The maximum atomic E-state index is 6.27. The summed E-state index contributed by atoms with van der Waals surface area (Å²) < 4.78 is 11.1. The summed E-state index contributed by atoms with van der Waals surface area (Å²) in [7, 11) is 0. The molecule has 3 fully saturated rings. The highest BCUT2D eigenvalue weighted by Gasteiger charge is 2.51. The Morgan fingerprint density at radius 3 is 2.73 bits per heavy atom. The predicted octanol–water partition coefficient (Wildman–Crippen LogP) is 4.43. The third-order valence-corrected chi connectivity index (χ3v) is 6.67. The van der Waals surface area contributed by atoms with Gasteiger partial charge in [0.15, 0.2) is 0 Å². The SMILES string of the molecule is c1ccc(-c2ccc(OCC34CCC(CC3)N3CCSN=C34)cc2)nc1. The van der Waals surface area contributed by atoms with Gasteiger partial charge >= 0.3 is 0 Å². The van der Waals surface area contributed by atoms with Gasteiger partial charge in [0.2, 0.25) is 0 Å². The van der Waals surface area contributed by atoms with Gasteiger partial charge in [-0.25, -0.2) is 4.40 Å². The topological polar surface area (TPSA) is 37.7 Å². The summed E-state index contributed by atoms with van der Waals surface area (Å²) in [6.45, 7) is 1.88. The van der Waals surface area contributed by atoms with Crippen LogP contribution in [0.15, 0.2) is 53.1 Å². The molecule has 1 aromatic heterocycles. The average molecular weight is 366 g/mol. The molecule has 0 atom stereocenters. The van der Waals surface area contributed by atoms with Crippen LogP contribution >= 0.6 is 11.9 Å². The van der Waals surface area contributed by atoms with Crippen LogP contribution in [-0.2, 0) is 0 Å². The van der Waals surface area contributed by atoms with Crippen molar-refractivity contribution in [3.05, 3.63) is 48.7 Å². The van der Waals surface area contributed by atoms with Crippen molar-refractivity contribution in [1.29, 1.82) is 0 Å². The molecule has 0 radical (unpaired) electrons. The molecule has 0 amide bonds. The molecule has 0 spiro atoms. The van der Waals surface area contributed by atoms with Gasteiger partial charge < -0.3 is 9.64 Å². The van der Waals surface area contributed by atoms with Gasteiger partial charge in [-0.05, 0) is 74.0 Å². The Morgan fingerprint density at radius 1 is 1.12 bits per heavy atom. The summed E-state index contributed by atoms with van der Waals surface area (Å²) in [5.41, 5.74) is 2.22. The normalized spacial score (nSPS) is 27.0. The second kappa shape index (κ2) is 6.62. The van der Waals surface area contributed by atoms with Crippen LogP contribution in [-0.4, -0.2) is 40.7 Å². The molecule has 4 heterocycles. The van der Waals surface area contributed by atoms with Crippen LogP contribution in [0, 0.1) is 5.41 Å². The lowest BCUT2D eigenvalue weighted by Gasteiger charge is -2.55. The Kier molecular flexibility index (Phi) is 4.12. The first-order valence-corrected chi connectivity index (χ1v) is 10.4. The molecule has 4 aliphatic rings. The molecule has 2 aromatic rings. The van der Waals surface area contributed by atoms with Gasteiger partial charge in [-0.1, -0.05) is 6.07 Å². The molecule has 0 N–H and O–H groups in total. The molecule has 26 heavy (non-hydrogen) atoms. The first-order chi connectivity index (χ1) is 12.8. The zero-order chi connectivity index (χ0) is 17.4. The summed E-state index contributed by atoms with van der Waals surface area (Å²) >= 11 is 1.72. The second-order valence-electron chi connectivity index (χ2n) is 7.48. The number of pyridine rings is 1. The number of hydrogen-bond acceptors (Lipinski definition) is 5. The van der Waals surface area contributed by atoms with E-state index >= 15 is 0 Å². The van der Waals surface area contributed by atoms with E-state index in [1.54, 1.807) is 11.9 Å². The number of amidine groups is 1. The second-order valence-corrected chi connectivity index (χ2v) is 8.33. The predicted molar refractivity (Wildman–Crippen MR) is 106 cm³/mol. The zero-order valence-corrected chi connectivity index (χ0v) is 15.6. The van der Waals surface area contributed by atoms with Gasteiger partial charge in [0.25, 0.3) is 0 Å². The lowest BCUT2D eigenvalue weighted by Crippen LogP contribution is -2.61. The highest BCUT2D eigenvalue weighted by molar-refractivity contribution is 7.98. The highest BCUT2D eigenvalue weighted by Crippen LogP contribution is 2.48. The molecule has 3 aliphatic heterocycles. The van der Waals surface area contributed by atoms with E-state index in [2.05, 4.69) is 34.1 Å². The molecule has 0 unspecified atom stereocenters. The molecule has 2 saturated heterocycles. The van der Waals surface area contributed by atoms with Gasteiger partial charge in [-0.3, -0.25) is 4.98 Å². The summed E-state index contributed by atoms with van der Waals surface area (Å²) in [4.78, 5) is 6.97. The fraction of sp³-hybridized carbons (Fsp3) is 0.429. The molecule has 4 nitrogen and oxygen atoms in total. The zero-order valence-electron chi connectivity index (χ0n) is 14.8. The fourth-order valence-corrected chi connectivity index (χ4v) is 5.33. The molecule has 1 saturated carbocycles. The Morgan fingerprint density at radius 2 is 1.96 bits per heavy atom. The quantitative estimate of drug-likeness (QED) is 0.751. The Labute approximate surface area is 158 Å². The van der Waals surface area contributed by atoms with E-state index in [0.29, 0.717) is 6.04 Å². The van der Waals surface area contributed by atoms with Crippen molar-refractivity contribution >= 4 is 17.8 Å². The number of fused-ring (bicyclic) bond motifs is 2. The number of ether oxygens (including phenoxy) is 1. The summed E-state index contributed by atoms with van der Waals surface area (Å²) in [6.07, 6.45) is 6.81. The maximum absolute atomic E-state index is 6.27. The summed E-state index contributed by atoms with van der Waals surface area (Å²) in [5.74, 6) is 3.36. The molecule has 6 rings (SSSR count). The molecule has 1 aromatic carbocycles. The van der Waals surface area contributed by atoms with Crippen LogP contribution in [0.3, 0.4) is 0 Å². The van der Waals surface area contributed by atoms with Crippen molar-refractivity contribution in [3.8, 4) is 17.0 Å². The first kappa shape index (κ1) is 16.2. The number of nitrogens with zero attached hydrogens (tertiary/aromatic N) is 3. The van der Waals surface area contributed by atoms with Crippen LogP contribution in [0.25, 0.3) is 11.3 Å². The Bertz CT molecular complexity index is 798. The van der Waals surface area contributed by atoms with Crippen molar-refractivity contribution in [2.75, 3.05) is 18.9 Å². The smallest absolute Gasteiger partial charge is 0.122 e. The van der Waals surface area contributed by atoms with E-state index in [-0.39, 0.29) is 5.41 Å². The fourth-order valence-electron chi connectivity index (χ4n) is 4.54. The third kappa shape index (κ3) is 2.78. The summed E-state index contributed by atoms with van der Waals surface area (Å²) in [5, 5.41) is 0. The van der Waals surface area contributed by atoms with E-state index in [1.807, 2.05) is 24.4 Å². The average Bonchev–Trinajstić information content (AvgIpc) is 2.74. The maximum Gasteiger partial charge on any atom is 0.122 e. The van der Waals surface area contributed by atoms with Crippen molar-refractivity contribution in [2.24, 2.45) is 9.81 Å². The lowest BCUT2D eigenvalue weighted by atomic mass is 9.67. The number of hydrogen-bond donors (Lipinski definition) is 0. The molecular weight excluding hydrogens is 342 g/mol. The summed E-state index contributed by atoms with van der Waals surface area (Å²) in [6, 6.07) is 15.0. The largest absolute Gasteiger partial charge is 0.493 e. The number of piperidine rings is 2. The molecule has 2 bridgehead atoms. The van der Waals surface area contributed by atoms with Gasteiger partial charge in [0.05, 0.1) is 11.1 Å². The van der Waals surface area contributed by atoms with E-state index in [1.165, 1.54) is 31.5 Å². The number of rotatable bonds is 4. The first-order valence-electron chi connectivity index (χ1n) is 9.45. The minimum Gasteiger partial charge on any atom is -0.493 e. The number of aromatic nitrogens is 1. The monoisotopic (exact) mass is 365 g/mol. The van der Waals surface area contributed by atoms with Crippen LogP contribution in [0.4, 0.5) is 0 Å². The minimum atomic E-state index is 0.113. The van der Waals surface area contributed by atoms with Crippen molar-refractivity contribution in [2.45, 2.75) is 31.7 Å². The van der Waals surface area contributed by atoms with Crippen molar-refractivity contribution in [1.82, 2.24) is 9.88 Å². The Balaban J connectivity index is 1.32. The van der Waals surface area contributed by atoms with Crippen LogP contribution in [0.1, 0.15) is 25.7 Å². The van der Waals surface area contributed by atoms with Crippen molar-refractivity contribution < 1.29 is 4.74 Å². The van der Waals surface area contributed by atoms with Crippen LogP contribution in [0.2, 0.25) is 0 Å². The van der Waals surface area contributed by atoms with E-state index < -0.39 is 0 Å². The van der Waals surface area contributed by atoms with Crippen LogP contribution < -0.4 is 4.74 Å². The van der Waals surface area contributed by atoms with E-state index in [0.717, 1.165) is 35.9 Å². The molecule has 134 valence electrons. The van der Waals surface area contributed by atoms with Gasteiger partial charge in [-0.15, -0.1) is 0 Å². The van der Waals surface area contributed by atoms with Gasteiger partial charge in [-0.2, -0.15) is 0 Å². The van der Waals surface area contributed by atoms with E-state index in [9.17, 15) is 0 Å². The number of benzene rings is 1. The molecule has 5 heteroatoms. The van der Waals surface area contributed by atoms with E-state index in [4.69, 9.17) is 9.13 Å².